The summed E-state index contributed by atoms with van der Waals surface area (Å²) in [5.41, 5.74) is 0.414. The predicted octanol–water partition coefficient (Wildman–Crippen LogP) is 2.73. The van der Waals surface area contributed by atoms with Gasteiger partial charge in [-0.05, 0) is 24.6 Å². The molecule has 0 bridgehead atoms. The normalized spacial score (nSPS) is 15.7. The molecule has 0 saturated heterocycles. The molecule has 1 rings (SSSR count). The average Bonchev–Trinajstić information content (AvgIpc) is 2.03. The minimum atomic E-state index is -1.36. The summed E-state index contributed by atoms with van der Waals surface area (Å²) < 4.78 is 13.1. The first kappa shape index (κ1) is 9.49. The average molecular weight is 189 g/mol. The van der Waals surface area contributed by atoms with E-state index in [0.29, 0.717) is 10.6 Å². The van der Waals surface area contributed by atoms with Crippen LogP contribution < -0.4 is 0 Å². The van der Waals surface area contributed by atoms with Gasteiger partial charge in [-0.15, -0.1) is 0 Å². The van der Waals surface area contributed by atoms with Crippen molar-refractivity contribution in [3.63, 3.8) is 0 Å². The molecule has 0 fully saturated rings. The molecule has 3 heteroatoms. The van der Waals surface area contributed by atoms with E-state index in [1.165, 1.54) is 13.0 Å². The fourth-order valence-corrected chi connectivity index (χ4v) is 1.16. The van der Waals surface area contributed by atoms with Crippen LogP contribution in [0.4, 0.5) is 4.39 Å². The molecular weight excluding hydrogens is 179 g/mol. The van der Waals surface area contributed by atoms with Crippen molar-refractivity contribution in [2.24, 2.45) is 0 Å². The largest absolute Gasteiger partial charge is 0.390 e. The van der Waals surface area contributed by atoms with Crippen molar-refractivity contribution in [2.75, 3.05) is 0 Å². The second-order valence-corrected chi connectivity index (χ2v) is 3.13. The van der Waals surface area contributed by atoms with Crippen molar-refractivity contribution in [1.29, 1.82) is 0 Å². The summed E-state index contributed by atoms with van der Waals surface area (Å²) in [6, 6.07) is 6.44. The molecule has 0 heterocycles. The SMILES string of the molecule is C[C@@H](O)[C@H](F)c1cccc(Cl)c1. The number of hydrogen-bond acceptors (Lipinski definition) is 1. The maximum absolute atomic E-state index is 13.1. The lowest BCUT2D eigenvalue weighted by Crippen LogP contribution is -2.09. The number of alkyl halides is 1. The van der Waals surface area contributed by atoms with Gasteiger partial charge in [0, 0.05) is 5.02 Å². The van der Waals surface area contributed by atoms with Gasteiger partial charge >= 0.3 is 0 Å². The van der Waals surface area contributed by atoms with Crippen LogP contribution in [0.5, 0.6) is 0 Å². The van der Waals surface area contributed by atoms with Crippen molar-refractivity contribution >= 4 is 11.6 Å². The van der Waals surface area contributed by atoms with E-state index >= 15 is 0 Å². The molecule has 0 radical (unpaired) electrons. The zero-order chi connectivity index (χ0) is 9.14. The summed E-state index contributed by atoms with van der Waals surface area (Å²) in [6.07, 6.45) is -2.35. The molecule has 0 spiro atoms. The third kappa shape index (κ3) is 2.19. The Labute approximate surface area is 75.8 Å². The Kier molecular flexibility index (Phi) is 3.06. The van der Waals surface area contributed by atoms with E-state index in [1.807, 2.05) is 0 Å². The number of hydrogen-bond donors (Lipinski definition) is 1. The van der Waals surface area contributed by atoms with Gasteiger partial charge in [0.05, 0.1) is 6.10 Å². The molecule has 12 heavy (non-hydrogen) atoms. The Hall–Kier alpha value is -0.600. The zero-order valence-corrected chi connectivity index (χ0v) is 7.42. The molecule has 1 nitrogen and oxygen atoms in total. The standard InChI is InChI=1S/C9H10ClFO/c1-6(12)9(11)7-3-2-4-8(10)5-7/h2-6,9,12H,1H3/t6-,9+/m1/s1. The van der Waals surface area contributed by atoms with Gasteiger partial charge in [0.15, 0.2) is 6.17 Å². The van der Waals surface area contributed by atoms with E-state index in [1.54, 1.807) is 18.2 Å². The Balaban J connectivity index is 2.88. The van der Waals surface area contributed by atoms with Gasteiger partial charge in [-0.2, -0.15) is 0 Å². The van der Waals surface area contributed by atoms with Crippen LogP contribution in [0.2, 0.25) is 5.02 Å². The quantitative estimate of drug-likeness (QED) is 0.757. The van der Waals surface area contributed by atoms with E-state index in [0.717, 1.165) is 0 Å². The van der Waals surface area contributed by atoms with Gasteiger partial charge in [0.2, 0.25) is 0 Å². The number of aliphatic hydroxyl groups is 1. The molecular formula is C9H10ClFO. The molecule has 1 N–H and O–H groups in total. The first-order valence-corrected chi connectivity index (χ1v) is 4.06. The van der Waals surface area contributed by atoms with Crippen LogP contribution in [0.15, 0.2) is 24.3 Å². The van der Waals surface area contributed by atoms with Crippen LogP contribution in [-0.4, -0.2) is 11.2 Å². The fourth-order valence-electron chi connectivity index (χ4n) is 0.957. The van der Waals surface area contributed by atoms with Crippen LogP contribution in [0.3, 0.4) is 0 Å². The molecule has 2 atom stereocenters. The molecule has 1 aromatic carbocycles. The van der Waals surface area contributed by atoms with Crippen molar-refractivity contribution < 1.29 is 9.50 Å². The van der Waals surface area contributed by atoms with Gasteiger partial charge in [-0.3, -0.25) is 0 Å². The van der Waals surface area contributed by atoms with Crippen LogP contribution in [0.1, 0.15) is 18.7 Å². The lowest BCUT2D eigenvalue weighted by atomic mass is 10.1. The van der Waals surface area contributed by atoms with E-state index in [-0.39, 0.29) is 0 Å². The van der Waals surface area contributed by atoms with Crippen LogP contribution in [0, 0.1) is 0 Å². The summed E-state index contributed by atoms with van der Waals surface area (Å²) in [6.45, 7) is 1.41. The monoisotopic (exact) mass is 188 g/mol. The summed E-state index contributed by atoms with van der Waals surface area (Å²) in [5.74, 6) is 0. The first-order valence-electron chi connectivity index (χ1n) is 3.69. The Morgan fingerprint density at radius 3 is 2.67 bits per heavy atom. The summed E-state index contributed by atoms with van der Waals surface area (Å²) in [5, 5.41) is 9.43. The molecule has 0 aliphatic heterocycles. The molecule has 1 aromatic rings. The van der Waals surface area contributed by atoms with E-state index in [9.17, 15) is 4.39 Å². The van der Waals surface area contributed by atoms with Crippen LogP contribution >= 0.6 is 11.6 Å². The van der Waals surface area contributed by atoms with E-state index in [2.05, 4.69) is 0 Å². The van der Waals surface area contributed by atoms with Gasteiger partial charge in [-0.25, -0.2) is 4.39 Å². The maximum atomic E-state index is 13.1. The maximum Gasteiger partial charge on any atom is 0.151 e. The molecule has 66 valence electrons. The Bertz CT molecular complexity index is 262. The minimum absolute atomic E-state index is 0.414. The van der Waals surface area contributed by atoms with Gasteiger partial charge in [0.1, 0.15) is 0 Å². The minimum Gasteiger partial charge on any atom is -0.390 e. The second-order valence-electron chi connectivity index (χ2n) is 2.70. The Morgan fingerprint density at radius 1 is 1.50 bits per heavy atom. The molecule has 0 aromatic heterocycles. The molecule has 0 aliphatic carbocycles. The van der Waals surface area contributed by atoms with Gasteiger partial charge in [0.25, 0.3) is 0 Å². The Morgan fingerprint density at radius 2 is 2.17 bits per heavy atom. The number of halogens is 2. The predicted molar refractivity (Wildman–Crippen MR) is 47.0 cm³/mol. The number of benzene rings is 1. The highest BCUT2D eigenvalue weighted by Gasteiger charge is 2.15. The smallest absolute Gasteiger partial charge is 0.151 e. The van der Waals surface area contributed by atoms with Crippen molar-refractivity contribution in [2.45, 2.75) is 19.2 Å². The number of rotatable bonds is 2. The third-order valence-corrected chi connectivity index (χ3v) is 1.83. The molecule has 0 amide bonds. The highest BCUT2D eigenvalue weighted by Crippen LogP contribution is 2.23. The van der Waals surface area contributed by atoms with Gasteiger partial charge < -0.3 is 5.11 Å². The van der Waals surface area contributed by atoms with Crippen molar-refractivity contribution in [3.05, 3.63) is 34.9 Å². The van der Waals surface area contributed by atoms with Crippen molar-refractivity contribution in [1.82, 2.24) is 0 Å². The van der Waals surface area contributed by atoms with Crippen molar-refractivity contribution in [3.8, 4) is 0 Å². The van der Waals surface area contributed by atoms with E-state index < -0.39 is 12.3 Å². The molecule has 0 saturated carbocycles. The van der Waals surface area contributed by atoms with Crippen LogP contribution in [-0.2, 0) is 0 Å². The first-order chi connectivity index (χ1) is 5.61. The summed E-state index contributed by atoms with van der Waals surface area (Å²) in [4.78, 5) is 0. The summed E-state index contributed by atoms with van der Waals surface area (Å²) in [7, 11) is 0. The second kappa shape index (κ2) is 3.87. The van der Waals surface area contributed by atoms with Crippen LogP contribution in [0.25, 0.3) is 0 Å². The van der Waals surface area contributed by atoms with E-state index in [4.69, 9.17) is 16.7 Å². The molecule has 0 aliphatic rings. The lowest BCUT2D eigenvalue weighted by Gasteiger charge is -2.10. The fraction of sp³-hybridized carbons (Fsp3) is 0.333. The van der Waals surface area contributed by atoms with Gasteiger partial charge in [-0.1, -0.05) is 23.7 Å². The highest BCUT2D eigenvalue weighted by atomic mass is 35.5. The lowest BCUT2D eigenvalue weighted by molar-refractivity contribution is 0.0933. The molecule has 0 unspecified atom stereocenters. The number of aliphatic hydroxyl groups excluding tert-OH is 1. The highest BCUT2D eigenvalue weighted by molar-refractivity contribution is 6.30. The zero-order valence-electron chi connectivity index (χ0n) is 6.67. The topological polar surface area (TPSA) is 20.2 Å². The third-order valence-electron chi connectivity index (χ3n) is 1.59. The summed E-state index contributed by atoms with van der Waals surface area (Å²) >= 11 is 5.65.